The van der Waals surface area contributed by atoms with Gasteiger partial charge in [-0.15, -0.1) is 0 Å². The summed E-state index contributed by atoms with van der Waals surface area (Å²) in [6.45, 7) is 0. The molecule has 0 aliphatic rings. The van der Waals surface area contributed by atoms with Crippen LogP contribution in [0.1, 0.15) is 0 Å². The van der Waals surface area contributed by atoms with Gasteiger partial charge in [0.05, 0.1) is 11.2 Å². The van der Waals surface area contributed by atoms with E-state index in [0.29, 0.717) is 5.82 Å². The Kier molecular flexibility index (Phi) is 2.69. The summed E-state index contributed by atoms with van der Waals surface area (Å²) >= 11 is 0. The molecule has 5 aromatic rings. The van der Waals surface area contributed by atoms with E-state index < -0.39 is 0 Å². The molecule has 24 heavy (non-hydrogen) atoms. The van der Waals surface area contributed by atoms with E-state index in [0.717, 1.165) is 39.0 Å². The highest BCUT2D eigenvalue weighted by molar-refractivity contribution is 5.95. The van der Waals surface area contributed by atoms with Crippen molar-refractivity contribution in [1.82, 2.24) is 30.1 Å². The second-order valence-electron chi connectivity index (χ2n) is 5.50. The van der Waals surface area contributed by atoms with Crippen LogP contribution in [0.4, 0.5) is 0 Å². The number of imidazole rings is 1. The van der Waals surface area contributed by atoms with Crippen molar-refractivity contribution in [2.24, 2.45) is 0 Å². The van der Waals surface area contributed by atoms with Crippen LogP contribution in [0.25, 0.3) is 44.8 Å². The Morgan fingerprint density at radius 3 is 2.71 bits per heavy atom. The summed E-state index contributed by atoms with van der Waals surface area (Å²) in [5.41, 5.74) is 5.28. The molecule has 0 radical (unpaired) electrons. The fourth-order valence-electron chi connectivity index (χ4n) is 2.84. The van der Waals surface area contributed by atoms with Crippen molar-refractivity contribution in [2.45, 2.75) is 0 Å². The fourth-order valence-corrected chi connectivity index (χ4v) is 2.84. The van der Waals surface area contributed by atoms with Crippen LogP contribution in [0.3, 0.4) is 0 Å². The van der Waals surface area contributed by atoms with Crippen LogP contribution in [0.15, 0.2) is 60.9 Å². The standard InChI is InChI=1S/C18H12N6/c1-2-8-19-13(4-1)11-6-7-14-12(10-11)16(24-23-14)18-21-15-5-3-9-20-17(15)22-18/h1-10H,(H,23,24)(H,20,21,22). The molecule has 0 unspecified atom stereocenters. The van der Waals surface area contributed by atoms with E-state index in [1.165, 1.54) is 0 Å². The van der Waals surface area contributed by atoms with E-state index in [1.54, 1.807) is 12.4 Å². The molecular formula is C18H12N6. The van der Waals surface area contributed by atoms with Crippen LogP contribution >= 0.6 is 0 Å². The lowest BCUT2D eigenvalue weighted by Gasteiger charge is -2.00. The summed E-state index contributed by atoms with van der Waals surface area (Å²) in [4.78, 5) is 16.5. The number of nitrogens with one attached hydrogen (secondary N) is 2. The minimum absolute atomic E-state index is 0.702. The summed E-state index contributed by atoms with van der Waals surface area (Å²) in [7, 11) is 0. The van der Waals surface area contributed by atoms with Crippen molar-refractivity contribution < 1.29 is 0 Å². The van der Waals surface area contributed by atoms with Gasteiger partial charge in [-0.3, -0.25) is 10.1 Å². The number of aromatic nitrogens is 6. The molecule has 0 saturated heterocycles. The zero-order chi connectivity index (χ0) is 15.9. The first-order valence-corrected chi connectivity index (χ1v) is 7.59. The summed E-state index contributed by atoms with van der Waals surface area (Å²) in [5.74, 6) is 0.702. The average molecular weight is 312 g/mol. The number of H-pyrrole nitrogens is 2. The monoisotopic (exact) mass is 312 g/mol. The molecule has 1 aromatic carbocycles. The van der Waals surface area contributed by atoms with Gasteiger partial charge in [-0.25, -0.2) is 9.97 Å². The minimum Gasteiger partial charge on any atom is -0.321 e. The molecule has 0 saturated carbocycles. The summed E-state index contributed by atoms with van der Waals surface area (Å²) < 4.78 is 0. The van der Waals surface area contributed by atoms with Gasteiger partial charge in [-0.2, -0.15) is 5.10 Å². The van der Waals surface area contributed by atoms with Crippen LogP contribution in [0.2, 0.25) is 0 Å². The van der Waals surface area contributed by atoms with Gasteiger partial charge in [-0.05, 0) is 36.4 Å². The van der Waals surface area contributed by atoms with Gasteiger partial charge in [0.15, 0.2) is 11.5 Å². The number of nitrogens with zero attached hydrogens (tertiary/aromatic N) is 4. The number of aromatic amines is 2. The van der Waals surface area contributed by atoms with E-state index in [-0.39, 0.29) is 0 Å². The molecule has 0 aliphatic heterocycles. The average Bonchev–Trinajstić information content (AvgIpc) is 3.25. The molecule has 0 bridgehead atoms. The van der Waals surface area contributed by atoms with Gasteiger partial charge in [0.2, 0.25) is 0 Å². The third kappa shape index (κ3) is 1.97. The van der Waals surface area contributed by atoms with Crippen LogP contribution < -0.4 is 0 Å². The predicted molar refractivity (Wildman–Crippen MR) is 92.2 cm³/mol. The minimum atomic E-state index is 0.702. The van der Waals surface area contributed by atoms with Gasteiger partial charge < -0.3 is 4.98 Å². The van der Waals surface area contributed by atoms with Crippen molar-refractivity contribution in [3.05, 3.63) is 60.9 Å². The fraction of sp³-hybridized carbons (Fsp3) is 0. The quantitative estimate of drug-likeness (QED) is 0.522. The maximum Gasteiger partial charge on any atom is 0.160 e. The molecular weight excluding hydrogens is 300 g/mol. The first-order chi connectivity index (χ1) is 11.9. The zero-order valence-electron chi connectivity index (χ0n) is 12.6. The van der Waals surface area contributed by atoms with Crippen LogP contribution in [-0.2, 0) is 0 Å². The molecule has 0 atom stereocenters. The van der Waals surface area contributed by atoms with Crippen LogP contribution in [0.5, 0.6) is 0 Å². The van der Waals surface area contributed by atoms with Crippen molar-refractivity contribution >= 4 is 22.1 Å². The van der Waals surface area contributed by atoms with Crippen molar-refractivity contribution in [3.63, 3.8) is 0 Å². The number of fused-ring (bicyclic) bond motifs is 2. The Bertz CT molecular complexity index is 1120. The first-order valence-electron chi connectivity index (χ1n) is 7.59. The normalized spacial score (nSPS) is 11.3. The largest absolute Gasteiger partial charge is 0.321 e. The third-order valence-electron chi connectivity index (χ3n) is 4.00. The van der Waals surface area contributed by atoms with Gasteiger partial charge in [0.25, 0.3) is 0 Å². The van der Waals surface area contributed by atoms with E-state index in [4.69, 9.17) is 0 Å². The molecule has 6 heteroatoms. The molecule has 4 aromatic heterocycles. The highest BCUT2D eigenvalue weighted by atomic mass is 15.1. The number of rotatable bonds is 2. The number of hydrogen-bond acceptors (Lipinski definition) is 4. The highest BCUT2D eigenvalue weighted by Crippen LogP contribution is 2.29. The molecule has 0 spiro atoms. The van der Waals surface area contributed by atoms with E-state index >= 15 is 0 Å². The van der Waals surface area contributed by atoms with Crippen LogP contribution in [-0.4, -0.2) is 30.1 Å². The molecule has 6 nitrogen and oxygen atoms in total. The van der Waals surface area contributed by atoms with Gasteiger partial charge in [0.1, 0.15) is 11.2 Å². The Labute approximate surface area is 136 Å². The smallest absolute Gasteiger partial charge is 0.160 e. The highest BCUT2D eigenvalue weighted by Gasteiger charge is 2.13. The second kappa shape index (κ2) is 4.99. The second-order valence-corrected chi connectivity index (χ2v) is 5.50. The lowest BCUT2D eigenvalue weighted by molar-refractivity contribution is 1.10. The first kappa shape index (κ1) is 13.0. The number of pyridine rings is 2. The zero-order valence-corrected chi connectivity index (χ0v) is 12.6. The lowest BCUT2D eigenvalue weighted by Crippen LogP contribution is -1.84. The van der Waals surface area contributed by atoms with E-state index in [9.17, 15) is 0 Å². The third-order valence-corrected chi connectivity index (χ3v) is 4.00. The Morgan fingerprint density at radius 2 is 1.83 bits per heavy atom. The SMILES string of the molecule is c1ccc(-c2ccc3[nH]nc(-c4nc5cccnc5[nH]4)c3c2)nc1. The predicted octanol–water partition coefficient (Wildman–Crippen LogP) is 3.56. The number of hydrogen-bond donors (Lipinski definition) is 2. The Balaban J connectivity index is 1.71. The van der Waals surface area contributed by atoms with Crippen molar-refractivity contribution in [3.8, 4) is 22.8 Å². The molecule has 4 heterocycles. The van der Waals surface area contributed by atoms with E-state index in [1.807, 2.05) is 42.5 Å². The molecule has 0 aliphatic carbocycles. The number of benzene rings is 1. The molecule has 0 fully saturated rings. The van der Waals surface area contributed by atoms with Gasteiger partial charge >= 0.3 is 0 Å². The van der Waals surface area contributed by atoms with Crippen molar-refractivity contribution in [1.29, 1.82) is 0 Å². The summed E-state index contributed by atoms with van der Waals surface area (Å²) in [6.07, 6.45) is 3.53. The topological polar surface area (TPSA) is 83.1 Å². The summed E-state index contributed by atoms with van der Waals surface area (Å²) in [6, 6.07) is 15.8. The van der Waals surface area contributed by atoms with Gasteiger partial charge in [-0.1, -0.05) is 12.1 Å². The lowest BCUT2D eigenvalue weighted by atomic mass is 10.1. The van der Waals surface area contributed by atoms with Gasteiger partial charge in [0, 0.05) is 23.3 Å². The maximum absolute atomic E-state index is 4.59. The molecule has 0 amide bonds. The Morgan fingerprint density at radius 1 is 0.875 bits per heavy atom. The molecule has 5 rings (SSSR count). The van der Waals surface area contributed by atoms with Crippen LogP contribution in [0, 0.1) is 0 Å². The maximum atomic E-state index is 4.59. The Hall–Kier alpha value is -3.54. The summed E-state index contributed by atoms with van der Waals surface area (Å²) in [5, 5.41) is 8.48. The van der Waals surface area contributed by atoms with E-state index in [2.05, 4.69) is 36.2 Å². The molecule has 114 valence electrons. The van der Waals surface area contributed by atoms with Crippen molar-refractivity contribution in [2.75, 3.05) is 0 Å². The molecule has 2 N–H and O–H groups in total.